The molecule has 0 amide bonds. The molecule has 144 valence electrons. The molecule has 3 rings (SSSR count). The Morgan fingerprint density at radius 2 is 1.79 bits per heavy atom. The quantitative estimate of drug-likeness (QED) is 0.544. The molecule has 0 radical (unpaired) electrons. The average molecular weight is 414 g/mol. The number of carbonyl (C=O) groups is 2. The highest BCUT2D eigenvalue weighted by atomic mass is 35.5. The largest absolute Gasteiger partial charge is 0.481 e. The summed E-state index contributed by atoms with van der Waals surface area (Å²) in [6.45, 7) is 1.62. The van der Waals surface area contributed by atoms with Crippen molar-refractivity contribution in [3.63, 3.8) is 0 Å². The van der Waals surface area contributed by atoms with Crippen molar-refractivity contribution < 1.29 is 14.7 Å². The smallest absolute Gasteiger partial charge is 0.310 e. The van der Waals surface area contributed by atoms with E-state index in [1.165, 1.54) is 11.3 Å². The van der Waals surface area contributed by atoms with E-state index in [-0.39, 0.29) is 18.6 Å². The molecule has 0 bridgehead atoms. The van der Waals surface area contributed by atoms with Gasteiger partial charge in [0, 0.05) is 23.8 Å². The second kappa shape index (κ2) is 8.67. The molecular weight excluding hydrogens is 394 g/mol. The number of Topliss-reactive ketones (excluding diaryl/α,β-unsaturated/α-hetero) is 1. The van der Waals surface area contributed by atoms with Crippen LogP contribution in [-0.2, 0) is 22.4 Å². The Labute approximate surface area is 172 Å². The number of nitrogens with zero attached hydrogens (tertiary/aromatic N) is 1. The van der Waals surface area contributed by atoms with E-state index in [9.17, 15) is 14.7 Å². The summed E-state index contributed by atoms with van der Waals surface area (Å²) in [5.41, 5.74) is 1.21. The Morgan fingerprint density at radius 3 is 2.46 bits per heavy atom. The Balaban J connectivity index is 1.70. The standard InChI is InChI=1S/C22H20ClNO3S/c1-22(21(26)27,12-15-7-3-2-4-8-15)13-17(25)11-16-14-28-20(24-16)18-9-5-6-10-19(18)23/h2-10,14H,11-13H2,1H3,(H,26,27). The number of carboxylic acids is 1. The van der Waals surface area contributed by atoms with Crippen LogP contribution < -0.4 is 0 Å². The lowest BCUT2D eigenvalue weighted by Crippen LogP contribution is -2.33. The molecule has 4 nitrogen and oxygen atoms in total. The lowest BCUT2D eigenvalue weighted by Gasteiger charge is -2.24. The van der Waals surface area contributed by atoms with Crippen LogP contribution in [0.3, 0.4) is 0 Å². The second-order valence-corrected chi connectivity index (χ2v) is 8.31. The van der Waals surface area contributed by atoms with E-state index in [0.717, 1.165) is 16.1 Å². The highest BCUT2D eigenvalue weighted by molar-refractivity contribution is 7.13. The minimum atomic E-state index is -1.15. The molecule has 0 fully saturated rings. The number of rotatable bonds is 8. The molecule has 2 aromatic carbocycles. The van der Waals surface area contributed by atoms with E-state index < -0.39 is 11.4 Å². The van der Waals surface area contributed by atoms with Crippen LogP contribution in [0, 0.1) is 5.41 Å². The third-order valence-corrected chi connectivity index (χ3v) is 5.83. The first-order chi connectivity index (χ1) is 13.4. The van der Waals surface area contributed by atoms with E-state index >= 15 is 0 Å². The van der Waals surface area contributed by atoms with E-state index in [1.54, 1.807) is 13.0 Å². The number of benzene rings is 2. The number of halogens is 1. The molecule has 1 N–H and O–H groups in total. The van der Waals surface area contributed by atoms with Crippen LogP contribution in [0.25, 0.3) is 10.6 Å². The predicted octanol–water partition coefficient (Wildman–Crippen LogP) is 5.30. The number of aromatic nitrogens is 1. The first kappa shape index (κ1) is 20.2. The van der Waals surface area contributed by atoms with Gasteiger partial charge in [-0.1, -0.05) is 60.1 Å². The molecule has 1 heterocycles. The van der Waals surface area contributed by atoms with Crippen molar-refractivity contribution in [2.75, 3.05) is 0 Å². The van der Waals surface area contributed by atoms with Crippen LogP contribution >= 0.6 is 22.9 Å². The molecule has 28 heavy (non-hydrogen) atoms. The van der Waals surface area contributed by atoms with Crippen LogP contribution in [0.4, 0.5) is 0 Å². The van der Waals surface area contributed by atoms with Gasteiger partial charge >= 0.3 is 5.97 Å². The SMILES string of the molecule is CC(CC(=O)Cc1csc(-c2ccccc2Cl)n1)(Cc1ccccc1)C(=O)O. The molecule has 0 aliphatic heterocycles. The van der Waals surface area contributed by atoms with Crippen molar-refractivity contribution in [1.82, 2.24) is 4.98 Å². The van der Waals surface area contributed by atoms with Crippen molar-refractivity contribution in [3.05, 3.63) is 76.3 Å². The van der Waals surface area contributed by atoms with Gasteiger partial charge < -0.3 is 5.11 Å². The molecule has 0 aliphatic rings. The van der Waals surface area contributed by atoms with E-state index in [0.29, 0.717) is 17.1 Å². The number of thiazole rings is 1. The van der Waals surface area contributed by atoms with Gasteiger partial charge in [-0.15, -0.1) is 11.3 Å². The maximum atomic E-state index is 12.6. The summed E-state index contributed by atoms with van der Waals surface area (Å²) in [7, 11) is 0. The maximum Gasteiger partial charge on any atom is 0.310 e. The van der Waals surface area contributed by atoms with E-state index in [4.69, 9.17) is 11.6 Å². The number of aliphatic carboxylic acids is 1. The van der Waals surface area contributed by atoms with Crippen molar-refractivity contribution in [3.8, 4) is 10.6 Å². The molecular formula is C22H20ClNO3S. The molecule has 1 unspecified atom stereocenters. The summed E-state index contributed by atoms with van der Waals surface area (Å²) in [5.74, 6) is -1.11. The normalized spacial score (nSPS) is 13.1. The Morgan fingerprint density at radius 1 is 1.11 bits per heavy atom. The predicted molar refractivity (Wildman–Crippen MR) is 112 cm³/mol. The van der Waals surface area contributed by atoms with Crippen LogP contribution in [0.15, 0.2) is 60.0 Å². The summed E-state index contributed by atoms with van der Waals surface area (Å²) < 4.78 is 0. The fourth-order valence-corrected chi connectivity index (χ4v) is 4.25. The summed E-state index contributed by atoms with van der Waals surface area (Å²) in [4.78, 5) is 29.0. The van der Waals surface area contributed by atoms with Crippen molar-refractivity contribution >= 4 is 34.7 Å². The zero-order chi connectivity index (χ0) is 20.1. The zero-order valence-corrected chi connectivity index (χ0v) is 17.0. The first-order valence-electron chi connectivity index (χ1n) is 8.86. The Bertz CT molecular complexity index is 986. The van der Waals surface area contributed by atoms with Gasteiger partial charge in [0.1, 0.15) is 10.8 Å². The summed E-state index contributed by atoms with van der Waals surface area (Å²) >= 11 is 7.63. The molecule has 1 aromatic heterocycles. The van der Waals surface area contributed by atoms with Gasteiger partial charge in [-0.25, -0.2) is 4.98 Å². The highest BCUT2D eigenvalue weighted by Gasteiger charge is 2.35. The fourth-order valence-electron chi connectivity index (χ4n) is 3.11. The molecule has 0 saturated carbocycles. The van der Waals surface area contributed by atoms with Crippen LogP contribution in [-0.4, -0.2) is 21.8 Å². The first-order valence-corrected chi connectivity index (χ1v) is 10.1. The molecule has 0 spiro atoms. The lowest BCUT2D eigenvalue weighted by atomic mass is 9.79. The molecule has 3 aromatic rings. The fraction of sp³-hybridized carbons (Fsp3) is 0.227. The monoisotopic (exact) mass is 413 g/mol. The topological polar surface area (TPSA) is 67.3 Å². The van der Waals surface area contributed by atoms with Gasteiger partial charge in [0.2, 0.25) is 0 Å². The summed E-state index contributed by atoms with van der Waals surface area (Å²) in [5, 5.41) is 12.9. The maximum absolute atomic E-state index is 12.6. The van der Waals surface area contributed by atoms with Gasteiger partial charge in [0.15, 0.2) is 0 Å². The highest BCUT2D eigenvalue weighted by Crippen LogP contribution is 2.31. The second-order valence-electron chi connectivity index (χ2n) is 7.04. The third-order valence-electron chi connectivity index (χ3n) is 4.58. The summed E-state index contributed by atoms with van der Waals surface area (Å²) in [6.07, 6.45) is 0.367. The number of hydrogen-bond donors (Lipinski definition) is 1. The molecule has 0 aliphatic carbocycles. The van der Waals surface area contributed by atoms with Gasteiger partial charge in [-0.3, -0.25) is 9.59 Å². The molecule has 1 atom stereocenters. The zero-order valence-electron chi connectivity index (χ0n) is 15.4. The van der Waals surface area contributed by atoms with E-state index in [2.05, 4.69) is 4.98 Å². The number of carboxylic acid groups (broad SMARTS) is 1. The summed E-state index contributed by atoms with van der Waals surface area (Å²) in [6, 6.07) is 16.8. The molecule has 0 saturated heterocycles. The minimum absolute atomic E-state index is 0.0455. The van der Waals surface area contributed by atoms with Gasteiger partial charge in [0.25, 0.3) is 0 Å². The third kappa shape index (κ3) is 4.86. The van der Waals surface area contributed by atoms with Crippen molar-refractivity contribution in [1.29, 1.82) is 0 Å². The number of ketones is 1. The van der Waals surface area contributed by atoms with Gasteiger partial charge in [-0.2, -0.15) is 0 Å². The number of hydrogen-bond acceptors (Lipinski definition) is 4. The lowest BCUT2D eigenvalue weighted by molar-refractivity contribution is -0.150. The van der Waals surface area contributed by atoms with Gasteiger partial charge in [0.05, 0.1) is 16.1 Å². The number of carbonyl (C=O) groups excluding carboxylic acids is 1. The molecule has 6 heteroatoms. The Hall–Kier alpha value is -2.50. The average Bonchev–Trinajstić information content (AvgIpc) is 3.10. The minimum Gasteiger partial charge on any atom is -0.481 e. The van der Waals surface area contributed by atoms with Crippen molar-refractivity contribution in [2.24, 2.45) is 5.41 Å². The van der Waals surface area contributed by atoms with Crippen LogP contribution in [0.5, 0.6) is 0 Å². The van der Waals surface area contributed by atoms with Gasteiger partial charge in [-0.05, 0) is 25.0 Å². The van der Waals surface area contributed by atoms with Crippen LogP contribution in [0.1, 0.15) is 24.6 Å². The van der Waals surface area contributed by atoms with Crippen molar-refractivity contribution in [2.45, 2.75) is 26.2 Å². The van der Waals surface area contributed by atoms with Crippen LogP contribution in [0.2, 0.25) is 5.02 Å². The Kier molecular flexibility index (Phi) is 6.27. The van der Waals surface area contributed by atoms with E-state index in [1.807, 2.05) is 53.9 Å².